The molecule has 0 aromatic carbocycles. The molecule has 4 aliphatic rings. The summed E-state index contributed by atoms with van der Waals surface area (Å²) in [5.74, 6) is 1.89. The molecule has 0 bridgehead atoms. The number of hydrogen-bond donors (Lipinski definition) is 2. The third-order valence-corrected chi connectivity index (χ3v) is 8.86. The topological polar surface area (TPSA) is 40.5 Å². The molecule has 0 aromatic heterocycles. The maximum atomic E-state index is 11.3. The molecule has 0 aliphatic heterocycles. The summed E-state index contributed by atoms with van der Waals surface area (Å²) in [5.41, 5.74) is 2.62. The van der Waals surface area contributed by atoms with Gasteiger partial charge in [0.15, 0.2) is 0 Å². The Hall–Kier alpha value is -0.600. The molecule has 2 heteroatoms. The minimum atomic E-state index is -0.468. The number of aliphatic hydroxyl groups excluding tert-OH is 1. The first-order chi connectivity index (χ1) is 11.2. The van der Waals surface area contributed by atoms with Gasteiger partial charge in [-0.05, 0) is 86.0 Å². The van der Waals surface area contributed by atoms with Gasteiger partial charge in [0.25, 0.3) is 0 Å². The maximum absolute atomic E-state index is 11.3. The summed E-state index contributed by atoms with van der Waals surface area (Å²) < 4.78 is 0. The minimum Gasteiger partial charge on any atom is -0.389 e. The summed E-state index contributed by atoms with van der Waals surface area (Å²) in [5, 5.41) is 21.4. The third kappa shape index (κ3) is 1.96. The third-order valence-electron chi connectivity index (χ3n) is 8.86. The molecule has 134 valence electrons. The van der Waals surface area contributed by atoms with Crippen molar-refractivity contribution in [3.8, 4) is 0 Å². The summed E-state index contributed by atoms with van der Waals surface area (Å²) in [4.78, 5) is 0. The summed E-state index contributed by atoms with van der Waals surface area (Å²) >= 11 is 0. The van der Waals surface area contributed by atoms with Crippen molar-refractivity contribution in [1.29, 1.82) is 0 Å². The van der Waals surface area contributed by atoms with Gasteiger partial charge in [0.05, 0.1) is 11.7 Å². The molecule has 0 amide bonds. The fourth-order valence-electron chi connectivity index (χ4n) is 7.26. The Morgan fingerprint density at radius 3 is 2.46 bits per heavy atom. The van der Waals surface area contributed by atoms with Crippen LogP contribution < -0.4 is 0 Å². The first kappa shape index (κ1) is 16.8. The molecule has 1 unspecified atom stereocenters. The number of allylic oxidation sites excluding steroid dienone is 3. The number of hydrogen-bond acceptors (Lipinski definition) is 2. The molecule has 4 rings (SSSR count). The molecule has 7 atom stereocenters. The van der Waals surface area contributed by atoms with Gasteiger partial charge in [-0.2, -0.15) is 0 Å². The molecular weight excluding hydrogens is 296 g/mol. The number of rotatable bonds is 1. The van der Waals surface area contributed by atoms with Gasteiger partial charge in [0, 0.05) is 0 Å². The molecule has 0 radical (unpaired) electrons. The van der Waals surface area contributed by atoms with E-state index in [1.807, 2.05) is 0 Å². The van der Waals surface area contributed by atoms with E-state index in [9.17, 15) is 10.2 Å². The van der Waals surface area contributed by atoms with Crippen LogP contribution in [0.5, 0.6) is 0 Å². The van der Waals surface area contributed by atoms with Gasteiger partial charge >= 0.3 is 0 Å². The highest BCUT2D eigenvalue weighted by molar-refractivity contribution is 5.43. The molecule has 24 heavy (non-hydrogen) atoms. The Morgan fingerprint density at radius 2 is 1.75 bits per heavy atom. The zero-order valence-corrected chi connectivity index (χ0v) is 15.8. The van der Waals surface area contributed by atoms with Gasteiger partial charge in [0.1, 0.15) is 0 Å². The van der Waals surface area contributed by atoms with Crippen LogP contribution in [0.2, 0.25) is 0 Å². The van der Waals surface area contributed by atoms with Crippen molar-refractivity contribution in [3.63, 3.8) is 0 Å². The summed E-state index contributed by atoms with van der Waals surface area (Å²) in [6.07, 6.45) is 11.8. The quantitative estimate of drug-likeness (QED) is 0.736. The van der Waals surface area contributed by atoms with E-state index in [0.717, 1.165) is 32.1 Å². The van der Waals surface area contributed by atoms with Crippen LogP contribution in [0.1, 0.15) is 72.6 Å². The average Bonchev–Trinajstić information content (AvgIpc) is 2.82. The van der Waals surface area contributed by atoms with E-state index in [4.69, 9.17) is 0 Å². The molecule has 2 fully saturated rings. The zero-order valence-electron chi connectivity index (χ0n) is 15.8. The summed E-state index contributed by atoms with van der Waals surface area (Å²) in [6, 6.07) is 0. The van der Waals surface area contributed by atoms with Crippen LogP contribution >= 0.6 is 0 Å². The van der Waals surface area contributed by atoms with Gasteiger partial charge in [-0.3, -0.25) is 0 Å². The largest absolute Gasteiger partial charge is 0.389 e. The van der Waals surface area contributed by atoms with E-state index < -0.39 is 5.60 Å². The Kier molecular flexibility index (Phi) is 3.65. The van der Waals surface area contributed by atoms with E-state index >= 15 is 0 Å². The van der Waals surface area contributed by atoms with E-state index in [0.29, 0.717) is 17.8 Å². The lowest BCUT2D eigenvalue weighted by molar-refractivity contribution is -0.115. The molecular formula is C22H34O2. The molecule has 2 nitrogen and oxygen atoms in total. The van der Waals surface area contributed by atoms with Crippen molar-refractivity contribution < 1.29 is 10.2 Å². The lowest BCUT2D eigenvalue weighted by Gasteiger charge is -2.58. The number of fused-ring (bicyclic) bond motifs is 5. The van der Waals surface area contributed by atoms with Crippen molar-refractivity contribution in [2.75, 3.05) is 0 Å². The van der Waals surface area contributed by atoms with Crippen molar-refractivity contribution in [3.05, 3.63) is 23.3 Å². The predicted octanol–water partition coefficient (Wildman–Crippen LogP) is 4.62. The van der Waals surface area contributed by atoms with Crippen molar-refractivity contribution in [1.82, 2.24) is 0 Å². The second-order valence-electron chi connectivity index (χ2n) is 9.62. The Morgan fingerprint density at radius 1 is 1.04 bits per heavy atom. The van der Waals surface area contributed by atoms with Crippen molar-refractivity contribution >= 4 is 0 Å². The average molecular weight is 331 g/mol. The first-order valence-electron chi connectivity index (χ1n) is 10.1. The van der Waals surface area contributed by atoms with Crippen LogP contribution in [-0.2, 0) is 0 Å². The fraction of sp³-hybridized carbons (Fsp3) is 0.818. The SMILES string of the molecule is CC[C@@]1(O)CC[C@H]2[C@@H]3C=C(C)C4=CC(O)CC[C@]4(C)[C@H]3CC[C@@]21C. The van der Waals surface area contributed by atoms with Gasteiger partial charge in [0.2, 0.25) is 0 Å². The maximum Gasteiger partial charge on any atom is 0.0727 e. The first-order valence-corrected chi connectivity index (χ1v) is 10.1. The second kappa shape index (κ2) is 5.20. The standard InChI is InChI=1S/C22H34O2/c1-5-22(24)11-8-18-16-12-14(2)19-13-15(23)6-9-20(19,3)17(16)7-10-21(18,22)4/h12-13,15-18,23-24H,5-11H2,1-4H3/t15?,16-,17+,18+,20-,21+,22-/m1/s1. The zero-order chi connectivity index (χ0) is 17.3. The van der Waals surface area contributed by atoms with Crippen LogP contribution in [0.25, 0.3) is 0 Å². The molecule has 2 saturated carbocycles. The Labute approximate surface area is 147 Å². The molecule has 0 spiro atoms. The van der Waals surface area contributed by atoms with E-state index in [1.165, 1.54) is 24.0 Å². The smallest absolute Gasteiger partial charge is 0.0727 e. The fourth-order valence-corrected chi connectivity index (χ4v) is 7.26. The lowest BCUT2D eigenvalue weighted by atomic mass is 9.47. The van der Waals surface area contributed by atoms with Gasteiger partial charge in [-0.1, -0.05) is 38.5 Å². The van der Waals surface area contributed by atoms with Crippen LogP contribution in [0.4, 0.5) is 0 Å². The molecule has 0 saturated heterocycles. The lowest BCUT2D eigenvalue weighted by Crippen LogP contribution is -2.54. The molecule has 0 aromatic rings. The second-order valence-corrected chi connectivity index (χ2v) is 9.62. The molecule has 2 N–H and O–H groups in total. The summed E-state index contributed by atoms with van der Waals surface area (Å²) in [7, 11) is 0. The number of aliphatic hydroxyl groups is 2. The predicted molar refractivity (Wildman–Crippen MR) is 97.5 cm³/mol. The van der Waals surface area contributed by atoms with Crippen molar-refractivity contribution in [2.24, 2.45) is 28.6 Å². The highest BCUT2D eigenvalue weighted by atomic mass is 16.3. The van der Waals surface area contributed by atoms with Crippen LogP contribution in [0.15, 0.2) is 23.3 Å². The van der Waals surface area contributed by atoms with E-state index in [2.05, 4.69) is 39.8 Å². The minimum absolute atomic E-state index is 0.0749. The Bertz CT molecular complexity index is 605. The van der Waals surface area contributed by atoms with Crippen LogP contribution in [0.3, 0.4) is 0 Å². The normalized spacial score (nSPS) is 53.6. The van der Waals surface area contributed by atoms with Gasteiger partial charge in [-0.25, -0.2) is 0 Å². The molecule has 0 heterocycles. The molecule has 4 aliphatic carbocycles. The highest BCUT2D eigenvalue weighted by Crippen LogP contribution is 2.67. The Balaban J connectivity index is 1.77. The summed E-state index contributed by atoms with van der Waals surface area (Å²) in [6.45, 7) is 9.21. The highest BCUT2D eigenvalue weighted by Gasteiger charge is 2.62. The monoisotopic (exact) mass is 330 g/mol. The van der Waals surface area contributed by atoms with Crippen LogP contribution in [-0.4, -0.2) is 21.9 Å². The van der Waals surface area contributed by atoms with E-state index in [1.54, 1.807) is 0 Å². The van der Waals surface area contributed by atoms with Gasteiger partial charge < -0.3 is 10.2 Å². The van der Waals surface area contributed by atoms with Crippen LogP contribution in [0, 0.1) is 28.6 Å². The van der Waals surface area contributed by atoms with Crippen molar-refractivity contribution in [2.45, 2.75) is 84.3 Å². The van der Waals surface area contributed by atoms with Gasteiger partial charge in [-0.15, -0.1) is 0 Å². The van der Waals surface area contributed by atoms with E-state index in [-0.39, 0.29) is 16.9 Å².